The van der Waals surface area contributed by atoms with Gasteiger partial charge >= 0.3 is 0 Å². The molecule has 3 rings (SSSR count). The number of nitrogens with zero attached hydrogens (tertiary/aromatic N) is 2. The number of carbonyl (C=O) groups excluding carboxylic acids is 3. The number of aromatic nitrogens is 1. The van der Waals surface area contributed by atoms with Crippen LogP contribution in [0.2, 0.25) is 0 Å². The molecule has 0 radical (unpaired) electrons. The highest BCUT2D eigenvalue weighted by molar-refractivity contribution is 5.98. The maximum Gasteiger partial charge on any atom is 0.248 e. The molecule has 0 bridgehead atoms. The van der Waals surface area contributed by atoms with Gasteiger partial charge in [0.05, 0.1) is 0 Å². The number of rotatable bonds is 8. The zero-order valence-electron chi connectivity index (χ0n) is 16.5. The van der Waals surface area contributed by atoms with Crippen LogP contribution in [-0.2, 0) is 14.4 Å². The molecule has 1 spiro atoms. The van der Waals surface area contributed by atoms with Gasteiger partial charge in [-0.3, -0.25) is 19.6 Å². The molecule has 2 atom stereocenters. The topological polar surface area (TPSA) is 112 Å². The summed E-state index contributed by atoms with van der Waals surface area (Å²) in [4.78, 5) is 43.2. The van der Waals surface area contributed by atoms with Gasteiger partial charge < -0.3 is 10.2 Å². The first-order valence-electron chi connectivity index (χ1n) is 10.0. The van der Waals surface area contributed by atoms with E-state index in [1.54, 1.807) is 5.48 Å². The lowest BCUT2D eigenvalue weighted by Gasteiger charge is -2.28. The lowest BCUT2D eigenvalue weighted by Crippen LogP contribution is -2.46. The molecule has 158 valence electrons. The van der Waals surface area contributed by atoms with E-state index in [0.717, 1.165) is 25.7 Å². The average molecular weight is 406 g/mol. The number of hydroxylamine groups is 1. The molecule has 1 aliphatic heterocycles. The Morgan fingerprint density at radius 2 is 2.17 bits per heavy atom. The van der Waals surface area contributed by atoms with Gasteiger partial charge in [0.1, 0.15) is 6.04 Å². The third kappa shape index (κ3) is 4.90. The second-order valence-corrected chi connectivity index (χ2v) is 8.09. The third-order valence-corrected chi connectivity index (χ3v) is 5.86. The van der Waals surface area contributed by atoms with Crippen LogP contribution in [0.25, 0.3) is 0 Å². The summed E-state index contributed by atoms with van der Waals surface area (Å²) in [6.07, 6.45) is 5.75. The Labute approximate surface area is 168 Å². The van der Waals surface area contributed by atoms with Gasteiger partial charge in [-0.25, -0.2) is 14.9 Å². The molecule has 0 aromatic carbocycles. The van der Waals surface area contributed by atoms with Crippen molar-refractivity contribution < 1.29 is 24.0 Å². The fourth-order valence-corrected chi connectivity index (χ4v) is 4.01. The monoisotopic (exact) mass is 406 g/mol. The van der Waals surface area contributed by atoms with Gasteiger partial charge in [0, 0.05) is 25.1 Å². The van der Waals surface area contributed by atoms with Gasteiger partial charge in [0.15, 0.2) is 11.6 Å². The predicted octanol–water partition coefficient (Wildman–Crippen LogP) is 2.24. The van der Waals surface area contributed by atoms with Crippen molar-refractivity contribution in [2.75, 3.05) is 11.9 Å². The fourth-order valence-electron chi connectivity index (χ4n) is 4.01. The first-order valence-corrected chi connectivity index (χ1v) is 10.0. The van der Waals surface area contributed by atoms with E-state index in [-0.39, 0.29) is 23.6 Å². The second kappa shape index (κ2) is 8.86. The molecule has 2 heterocycles. The molecular formula is C20H27FN4O4. The molecule has 29 heavy (non-hydrogen) atoms. The number of halogens is 1. The number of hydrogen-bond acceptors (Lipinski definition) is 5. The van der Waals surface area contributed by atoms with Gasteiger partial charge in [-0.15, -0.1) is 0 Å². The summed E-state index contributed by atoms with van der Waals surface area (Å²) >= 11 is 0. The Hall–Kier alpha value is -2.55. The van der Waals surface area contributed by atoms with Gasteiger partial charge in [0.25, 0.3) is 0 Å². The van der Waals surface area contributed by atoms with E-state index in [2.05, 4.69) is 10.3 Å². The van der Waals surface area contributed by atoms with Crippen molar-refractivity contribution in [1.29, 1.82) is 0 Å². The number of pyridine rings is 1. The maximum absolute atomic E-state index is 13.9. The van der Waals surface area contributed by atoms with Gasteiger partial charge in [0.2, 0.25) is 17.7 Å². The maximum atomic E-state index is 13.9. The van der Waals surface area contributed by atoms with Crippen molar-refractivity contribution in [3.8, 4) is 0 Å². The van der Waals surface area contributed by atoms with E-state index in [1.807, 2.05) is 6.92 Å². The van der Waals surface area contributed by atoms with Crippen LogP contribution in [0.15, 0.2) is 18.3 Å². The first kappa shape index (κ1) is 21.2. The number of hydrogen-bond donors (Lipinski definition) is 3. The number of amides is 3. The Balaban J connectivity index is 1.77. The van der Waals surface area contributed by atoms with Crippen LogP contribution < -0.4 is 10.8 Å². The molecule has 1 aromatic rings. The van der Waals surface area contributed by atoms with E-state index < -0.39 is 29.6 Å². The quantitative estimate of drug-likeness (QED) is 0.453. The molecule has 2 fully saturated rings. The normalized spacial score (nSPS) is 20.4. The molecule has 8 nitrogen and oxygen atoms in total. The standard InChI is InChI=1S/C20H27FN4O4/c1-2-3-5-13(10-16(26)24-29)19(28)25-12-20(7-8-20)11-15(25)18(27)23-17-14(21)6-4-9-22-17/h4,6,9,13,15,29H,2-3,5,7-8,10-12H2,1H3,(H,24,26)(H,22,23,27). The van der Waals surface area contributed by atoms with E-state index in [1.165, 1.54) is 23.2 Å². The van der Waals surface area contributed by atoms with Gasteiger partial charge in [-0.2, -0.15) is 0 Å². The summed E-state index contributed by atoms with van der Waals surface area (Å²) in [5.41, 5.74) is 1.52. The van der Waals surface area contributed by atoms with Crippen LogP contribution in [0, 0.1) is 17.2 Å². The summed E-state index contributed by atoms with van der Waals surface area (Å²) in [5.74, 6) is -2.79. The van der Waals surface area contributed by atoms with Crippen LogP contribution in [0.5, 0.6) is 0 Å². The number of unbranched alkanes of at least 4 members (excludes halogenated alkanes) is 1. The van der Waals surface area contributed by atoms with Crippen molar-refractivity contribution in [2.45, 2.75) is 57.9 Å². The largest absolute Gasteiger partial charge is 0.330 e. The van der Waals surface area contributed by atoms with E-state index in [9.17, 15) is 18.8 Å². The van der Waals surface area contributed by atoms with Crippen LogP contribution in [0.3, 0.4) is 0 Å². The first-order chi connectivity index (χ1) is 13.9. The number of anilines is 1. The number of nitrogens with one attached hydrogen (secondary N) is 2. The summed E-state index contributed by atoms with van der Waals surface area (Å²) in [7, 11) is 0. The average Bonchev–Trinajstić information content (AvgIpc) is 3.36. The van der Waals surface area contributed by atoms with Crippen LogP contribution >= 0.6 is 0 Å². The van der Waals surface area contributed by atoms with Gasteiger partial charge in [-0.05, 0) is 43.2 Å². The summed E-state index contributed by atoms with van der Waals surface area (Å²) in [5, 5.41) is 11.3. The Morgan fingerprint density at radius 1 is 1.41 bits per heavy atom. The minimum absolute atomic E-state index is 0.0606. The molecular weight excluding hydrogens is 379 g/mol. The predicted molar refractivity (Wildman–Crippen MR) is 102 cm³/mol. The van der Waals surface area contributed by atoms with Crippen molar-refractivity contribution in [2.24, 2.45) is 11.3 Å². The molecule has 1 saturated heterocycles. The van der Waals surface area contributed by atoms with Crippen molar-refractivity contribution >= 4 is 23.5 Å². The molecule has 3 amide bonds. The number of carbonyl (C=O) groups is 3. The molecule has 2 unspecified atom stereocenters. The van der Waals surface area contributed by atoms with Crippen molar-refractivity contribution in [3.63, 3.8) is 0 Å². The van der Waals surface area contributed by atoms with Crippen LogP contribution in [0.4, 0.5) is 10.2 Å². The lowest BCUT2D eigenvalue weighted by atomic mass is 9.96. The van der Waals surface area contributed by atoms with E-state index >= 15 is 0 Å². The Morgan fingerprint density at radius 3 is 2.79 bits per heavy atom. The van der Waals surface area contributed by atoms with Crippen LogP contribution in [0.1, 0.15) is 51.9 Å². The molecule has 9 heteroatoms. The lowest BCUT2D eigenvalue weighted by molar-refractivity contribution is -0.143. The number of likely N-dealkylation sites (tertiary alicyclic amines) is 1. The Kier molecular flexibility index (Phi) is 6.46. The molecule has 1 saturated carbocycles. The Bertz CT molecular complexity index is 783. The minimum Gasteiger partial charge on any atom is -0.330 e. The molecule has 1 aromatic heterocycles. The molecule has 2 aliphatic rings. The summed E-state index contributed by atoms with van der Waals surface area (Å²) in [6.45, 7) is 2.44. The fraction of sp³-hybridized carbons (Fsp3) is 0.600. The highest BCUT2D eigenvalue weighted by Gasteiger charge is 2.55. The van der Waals surface area contributed by atoms with E-state index in [0.29, 0.717) is 19.4 Å². The summed E-state index contributed by atoms with van der Waals surface area (Å²) < 4.78 is 13.9. The highest BCUT2D eigenvalue weighted by Crippen LogP contribution is 2.55. The van der Waals surface area contributed by atoms with E-state index in [4.69, 9.17) is 5.21 Å². The minimum atomic E-state index is -0.729. The zero-order valence-corrected chi connectivity index (χ0v) is 16.5. The van der Waals surface area contributed by atoms with Crippen molar-refractivity contribution in [1.82, 2.24) is 15.4 Å². The highest BCUT2D eigenvalue weighted by atomic mass is 19.1. The zero-order chi connectivity index (χ0) is 21.0. The third-order valence-electron chi connectivity index (χ3n) is 5.86. The summed E-state index contributed by atoms with van der Waals surface area (Å²) in [6, 6.07) is 1.91. The second-order valence-electron chi connectivity index (χ2n) is 8.09. The van der Waals surface area contributed by atoms with Crippen molar-refractivity contribution in [3.05, 3.63) is 24.1 Å². The SMILES string of the molecule is CCCCC(CC(=O)NO)C(=O)N1CC2(CC2)CC1C(=O)Nc1ncccc1F. The van der Waals surface area contributed by atoms with Gasteiger partial charge in [-0.1, -0.05) is 19.8 Å². The molecule has 3 N–H and O–H groups in total. The smallest absolute Gasteiger partial charge is 0.248 e. The van der Waals surface area contributed by atoms with Crippen LogP contribution in [-0.4, -0.2) is 45.4 Å². The molecule has 1 aliphatic carbocycles.